The number of carbonyl (C=O) groups excluding carboxylic acids is 1. The number of aliphatic imine (C=N–C) groups is 1. The van der Waals surface area contributed by atoms with Crippen molar-refractivity contribution >= 4 is 35.8 Å². The second-order valence-corrected chi connectivity index (χ2v) is 9.08. The molecule has 0 radical (unpaired) electrons. The van der Waals surface area contributed by atoms with Gasteiger partial charge in [0.2, 0.25) is 5.91 Å². The Kier molecular flexibility index (Phi) is 9.87. The van der Waals surface area contributed by atoms with Gasteiger partial charge in [-0.3, -0.25) is 14.7 Å². The topological polar surface area (TPSA) is 51.2 Å². The number of rotatable bonds is 6. The maximum Gasteiger partial charge on any atom is 0.236 e. The van der Waals surface area contributed by atoms with Gasteiger partial charge < -0.3 is 15.1 Å². The van der Waals surface area contributed by atoms with E-state index in [2.05, 4.69) is 64.3 Å². The van der Waals surface area contributed by atoms with Crippen molar-refractivity contribution in [3.63, 3.8) is 0 Å². The van der Waals surface area contributed by atoms with Gasteiger partial charge in [0.05, 0.1) is 6.54 Å². The summed E-state index contributed by atoms with van der Waals surface area (Å²) in [6.07, 6.45) is 3.34. The summed E-state index contributed by atoms with van der Waals surface area (Å²) in [5, 5.41) is 3.58. The van der Waals surface area contributed by atoms with Gasteiger partial charge in [-0.15, -0.1) is 24.0 Å². The van der Waals surface area contributed by atoms with E-state index >= 15 is 0 Å². The molecule has 168 valence electrons. The minimum atomic E-state index is 0. The Labute approximate surface area is 199 Å². The summed E-state index contributed by atoms with van der Waals surface area (Å²) in [5.74, 6) is 1.26. The lowest BCUT2D eigenvalue weighted by molar-refractivity contribution is -0.131. The average molecular weight is 527 g/mol. The number of nitrogens with zero attached hydrogens (tertiary/aromatic N) is 4. The summed E-state index contributed by atoms with van der Waals surface area (Å²) in [6.45, 7) is 11.5. The number of likely N-dealkylation sites (tertiary alicyclic amines) is 1. The van der Waals surface area contributed by atoms with E-state index in [0.29, 0.717) is 12.5 Å². The van der Waals surface area contributed by atoms with Crippen molar-refractivity contribution in [2.75, 3.05) is 59.4 Å². The van der Waals surface area contributed by atoms with Gasteiger partial charge >= 0.3 is 0 Å². The second-order valence-electron chi connectivity index (χ2n) is 9.08. The van der Waals surface area contributed by atoms with Crippen molar-refractivity contribution in [2.24, 2.45) is 10.4 Å². The zero-order valence-electron chi connectivity index (χ0n) is 18.8. The molecule has 1 aromatic rings. The molecule has 1 amide bonds. The Bertz CT molecular complexity index is 680. The number of hydrogen-bond acceptors (Lipinski definition) is 3. The van der Waals surface area contributed by atoms with Gasteiger partial charge in [-0.2, -0.15) is 0 Å². The summed E-state index contributed by atoms with van der Waals surface area (Å²) < 4.78 is 0. The Hall–Kier alpha value is -1.35. The molecule has 0 saturated carbocycles. The van der Waals surface area contributed by atoms with Crippen molar-refractivity contribution in [1.82, 2.24) is 20.0 Å². The molecule has 1 N–H and O–H groups in total. The first-order valence-corrected chi connectivity index (χ1v) is 11.0. The number of amides is 1. The van der Waals surface area contributed by atoms with Gasteiger partial charge in [0.1, 0.15) is 0 Å². The molecule has 2 fully saturated rings. The summed E-state index contributed by atoms with van der Waals surface area (Å²) in [6, 6.07) is 10.7. The molecule has 2 aliphatic heterocycles. The van der Waals surface area contributed by atoms with Crippen LogP contribution in [-0.4, -0.2) is 86.0 Å². The number of guanidine groups is 1. The van der Waals surface area contributed by atoms with Gasteiger partial charge in [-0.25, -0.2) is 0 Å². The summed E-state index contributed by atoms with van der Waals surface area (Å²) >= 11 is 0. The number of nitrogens with one attached hydrogen (secondary N) is 1. The minimum Gasteiger partial charge on any atom is -0.356 e. The predicted octanol–water partition coefficient (Wildman–Crippen LogP) is 2.69. The average Bonchev–Trinajstić information content (AvgIpc) is 3.25. The van der Waals surface area contributed by atoms with Crippen molar-refractivity contribution in [1.29, 1.82) is 0 Å². The van der Waals surface area contributed by atoms with Crippen LogP contribution in [0.25, 0.3) is 0 Å². The number of benzene rings is 1. The highest BCUT2D eigenvalue weighted by atomic mass is 127. The Morgan fingerprint density at radius 1 is 1.00 bits per heavy atom. The van der Waals surface area contributed by atoms with E-state index < -0.39 is 0 Å². The van der Waals surface area contributed by atoms with E-state index in [9.17, 15) is 4.79 Å². The Balaban J connectivity index is 0.00000320. The van der Waals surface area contributed by atoms with Crippen LogP contribution >= 0.6 is 24.0 Å². The lowest BCUT2D eigenvalue weighted by atomic mass is 9.86. The van der Waals surface area contributed by atoms with Crippen LogP contribution in [0.15, 0.2) is 35.3 Å². The van der Waals surface area contributed by atoms with Crippen LogP contribution in [0.5, 0.6) is 0 Å². The third kappa shape index (κ3) is 7.41. The zero-order valence-corrected chi connectivity index (χ0v) is 21.1. The van der Waals surface area contributed by atoms with Gasteiger partial charge in [0, 0.05) is 52.9 Å². The lowest BCUT2D eigenvalue weighted by Crippen LogP contribution is -2.55. The molecule has 0 aliphatic carbocycles. The molecule has 6 nitrogen and oxygen atoms in total. The quantitative estimate of drug-likeness (QED) is 0.351. The van der Waals surface area contributed by atoms with Crippen molar-refractivity contribution in [3.05, 3.63) is 35.9 Å². The Morgan fingerprint density at radius 3 is 2.23 bits per heavy atom. The van der Waals surface area contributed by atoms with Gasteiger partial charge in [0.25, 0.3) is 0 Å². The number of carbonyl (C=O) groups is 1. The first-order valence-electron chi connectivity index (χ1n) is 11.0. The molecule has 2 heterocycles. The standard InChI is InChI=1S/C23H37N5O.HI/c1-23(2,17-20-9-5-4-6-10-20)19-25-22(24-3)28-15-13-26(14-16-28)18-21(29)27-11-7-8-12-27;/h4-6,9-10H,7-8,11-19H2,1-3H3,(H,24,25);1H. The third-order valence-corrected chi connectivity index (χ3v) is 5.95. The summed E-state index contributed by atoms with van der Waals surface area (Å²) in [7, 11) is 1.86. The van der Waals surface area contributed by atoms with Gasteiger partial charge in [-0.1, -0.05) is 44.2 Å². The first-order chi connectivity index (χ1) is 14.0. The maximum absolute atomic E-state index is 12.4. The fourth-order valence-electron chi connectivity index (χ4n) is 4.24. The van der Waals surface area contributed by atoms with Crippen molar-refractivity contribution < 1.29 is 4.79 Å². The highest BCUT2D eigenvalue weighted by Crippen LogP contribution is 2.21. The molecule has 2 saturated heterocycles. The molecular formula is C23H38IN5O. The molecule has 0 unspecified atom stereocenters. The second kappa shape index (κ2) is 11.9. The number of halogens is 1. The lowest BCUT2D eigenvalue weighted by Gasteiger charge is -2.37. The number of hydrogen-bond donors (Lipinski definition) is 1. The van der Waals surface area contributed by atoms with Crippen LogP contribution in [0, 0.1) is 5.41 Å². The molecule has 0 bridgehead atoms. The van der Waals surface area contributed by atoms with E-state index in [1.54, 1.807) is 0 Å². The summed E-state index contributed by atoms with van der Waals surface area (Å²) in [5.41, 5.74) is 1.51. The highest BCUT2D eigenvalue weighted by molar-refractivity contribution is 14.0. The maximum atomic E-state index is 12.4. The molecule has 0 aromatic heterocycles. The fourth-order valence-corrected chi connectivity index (χ4v) is 4.24. The molecule has 1 aromatic carbocycles. The zero-order chi connectivity index (χ0) is 20.7. The smallest absolute Gasteiger partial charge is 0.236 e. The highest BCUT2D eigenvalue weighted by Gasteiger charge is 2.25. The normalized spacial score (nSPS) is 18.3. The monoisotopic (exact) mass is 527 g/mol. The van der Waals surface area contributed by atoms with Crippen molar-refractivity contribution in [2.45, 2.75) is 33.1 Å². The molecule has 7 heteroatoms. The third-order valence-electron chi connectivity index (χ3n) is 5.95. The van der Waals surface area contributed by atoms with Gasteiger partial charge in [-0.05, 0) is 30.2 Å². The molecule has 30 heavy (non-hydrogen) atoms. The first kappa shape index (κ1) is 24.9. The summed E-state index contributed by atoms with van der Waals surface area (Å²) in [4.78, 5) is 23.5. The largest absolute Gasteiger partial charge is 0.356 e. The van der Waals surface area contributed by atoms with Crippen molar-refractivity contribution in [3.8, 4) is 0 Å². The van der Waals surface area contributed by atoms with Crippen LogP contribution in [0.3, 0.4) is 0 Å². The van der Waals surface area contributed by atoms with Crippen LogP contribution in [0.2, 0.25) is 0 Å². The fraction of sp³-hybridized carbons (Fsp3) is 0.652. The van der Waals surface area contributed by atoms with Crippen LogP contribution in [0.4, 0.5) is 0 Å². The minimum absolute atomic E-state index is 0. The van der Waals surface area contributed by atoms with Crippen LogP contribution < -0.4 is 5.32 Å². The van der Waals surface area contributed by atoms with E-state index in [1.165, 1.54) is 5.56 Å². The molecule has 3 rings (SSSR count). The van der Waals surface area contributed by atoms with Crippen LogP contribution in [0.1, 0.15) is 32.3 Å². The molecule has 0 spiro atoms. The van der Waals surface area contributed by atoms with E-state index in [1.807, 2.05) is 11.9 Å². The van der Waals surface area contributed by atoms with E-state index in [-0.39, 0.29) is 29.4 Å². The number of piperazine rings is 1. The predicted molar refractivity (Wildman–Crippen MR) is 135 cm³/mol. The SMILES string of the molecule is CN=C(NCC(C)(C)Cc1ccccc1)N1CCN(CC(=O)N2CCCC2)CC1.I. The molecule has 2 aliphatic rings. The molecular weight excluding hydrogens is 489 g/mol. The molecule has 0 atom stereocenters. The van der Waals surface area contributed by atoms with E-state index in [4.69, 9.17) is 0 Å². The Morgan fingerprint density at radius 2 is 1.63 bits per heavy atom. The van der Waals surface area contributed by atoms with E-state index in [0.717, 1.165) is 71.0 Å². The van der Waals surface area contributed by atoms with Gasteiger partial charge in [0.15, 0.2) is 5.96 Å². The van der Waals surface area contributed by atoms with Crippen LogP contribution in [-0.2, 0) is 11.2 Å².